The summed E-state index contributed by atoms with van der Waals surface area (Å²) in [5, 5.41) is 6.11. The average molecular weight is 389 g/mol. The number of ether oxygens (including phenoxy) is 1. The molecule has 0 saturated carbocycles. The van der Waals surface area contributed by atoms with Gasteiger partial charge >= 0.3 is 0 Å². The second-order valence-electron chi connectivity index (χ2n) is 7.58. The molecule has 28 heavy (non-hydrogen) atoms. The first-order chi connectivity index (χ1) is 13.5. The Morgan fingerprint density at radius 2 is 2.00 bits per heavy atom. The molecule has 2 N–H and O–H groups in total. The summed E-state index contributed by atoms with van der Waals surface area (Å²) in [4.78, 5) is 18.6. The molecular weight excluding hydrogens is 352 g/mol. The fraction of sp³-hybridized carbons (Fsp3) is 0.636. The number of para-hydroxylation sites is 1. The normalized spacial score (nSPS) is 15.6. The van der Waals surface area contributed by atoms with E-state index in [2.05, 4.69) is 48.4 Å². The number of guanidine groups is 1. The molecule has 6 heteroatoms. The number of amides is 1. The van der Waals surface area contributed by atoms with Gasteiger partial charge < -0.3 is 20.3 Å². The molecule has 1 amide bonds. The molecule has 1 fully saturated rings. The number of rotatable bonds is 8. The van der Waals surface area contributed by atoms with Crippen LogP contribution < -0.4 is 15.4 Å². The van der Waals surface area contributed by atoms with E-state index in [0.29, 0.717) is 31.4 Å². The molecule has 2 rings (SSSR count). The number of benzene rings is 1. The maximum atomic E-state index is 11.6. The van der Waals surface area contributed by atoms with Gasteiger partial charge in [0.05, 0.1) is 6.54 Å². The molecule has 1 aliphatic rings. The number of nitrogens with zero attached hydrogens (tertiary/aromatic N) is 2. The topological polar surface area (TPSA) is 66.0 Å². The van der Waals surface area contributed by atoms with Crippen molar-refractivity contribution in [2.75, 3.05) is 39.8 Å². The molecule has 0 unspecified atom stereocenters. The van der Waals surface area contributed by atoms with E-state index < -0.39 is 0 Å². The van der Waals surface area contributed by atoms with Gasteiger partial charge in [-0.2, -0.15) is 0 Å². The minimum atomic E-state index is 0.137. The molecule has 1 aromatic carbocycles. The van der Waals surface area contributed by atoms with Gasteiger partial charge in [0.25, 0.3) is 0 Å². The highest BCUT2D eigenvalue weighted by Gasteiger charge is 2.23. The summed E-state index contributed by atoms with van der Waals surface area (Å²) >= 11 is 0. The summed E-state index contributed by atoms with van der Waals surface area (Å²) in [6, 6.07) is 8.21. The first-order valence-electron chi connectivity index (χ1n) is 10.5. The zero-order valence-corrected chi connectivity index (χ0v) is 17.8. The van der Waals surface area contributed by atoms with Gasteiger partial charge in [-0.15, -0.1) is 0 Å². The monoisotopic (exact) mass is 388 g/mol. The SMILES string of the molecule is CCNC(=NCCOc1ccccc1C(C)C)N1CCC(CC(=O)NC)CC1. The van der Waals surface area contributed by atoms with Crippen LogP contribution >= 0.6 is 0 Å². The van der Waals surface area contributed by atoms with Crippen molar-refractivity contribution in [3.63, 3.8) is 0 Å². The maximum absolute atomic E-state index is 11.6. The molecule has 0 spiro atoms. The number of piperidine rings is 1. The maximum Gasteiger partial charge on any atom is 0.220 e. The zero-order chi connectivity index (χ0) is 20.4. The van der Waals surface area contributed by atoms with Gasteiger partial charge in [-0.1, -0.05) is 32.0 Å². The lowest BCUT2D eigenvalue weighted by molar-refractivity contribution is -0.121. The average Bonchev–Trinajstić information content (AvgIpc) is 2.71. The molecular formula is C22H36N4O2. The second kappa shape index (κ2) is 11.6. The van der Waals surface area contributed by atoms with E-state index in [-0.39, 0.29) is 5.91 Å². The van der Waals surface area contributed by atoms with Crippen LogP contribution in [0.2, 0.25) is 0 Å². The highest BCUT2D eigenvalue weighted by Crippen LogP contribution is 2.25. The highest BCUT2D eigenvalue weighted by molar-refractivity contribution is 5.80. The number of hydrogen-bond donors (Lipinski definition) is 2. The van der Waals surface area contributed by atoms with Crippen LogP contribution in [0, 0.1) is 5.92 Å². The van der Waals surface area contributed by atoms with E-state index >= 15 is 0 Å². The van der Waals surface area contributed by atoms with E-state index in [1.165, 1.54) is 5.56 Å². The standard InChI is InChI=1S/C22H36N4O2/c1-5-24-22(26-13-10-18(11-14-26)16-21(27)23-4)25-12-15-28-20-9-7-6-8-19(20)17(2)3/h6-9,17-18H,5,10-16H2,1-4H3,(H,23,27)(H,24,25). The van der Waals surface area contributed by atoms with Crippen molar-refractivity contribution in [2.24, 2.45) is 10.9 Å². The summed E-state index contributed by atoms with van der Waals surface area (Å²) in [6.45, 7) is 10.3. The number of nitrogens with one attached hydrogen (secondary N) is 2. The summed E-state index contributed by atoms with van der Waals surface area (Å²) in [7, 11) is 1.70. The van der Waals surface area contributed by atoms with Crippen LogP contribution in [0.4, 0.5) is 0 Å². The molecule has 1 aliphatic heterocycles. The lowest BCUT2D eigenvalue weighted by Gasteiger charge is -2.34. The molecule has 0 aromatic heterocycles. The van der Waals surface area contributed by atoms with Crippen LogP contribution in [0.15, 0.2) is 29.3 Å². The lowest BCUT2D eigenvalue weighted by Crippen LogP contribution is -2.46. The fourth-order valence-corrected chi connectivity index (χ4v) is 3.54. The Labute approximate surface area is 169 Å². The predicted molar refractivity (Wildman–Crippen MR) is 115 cm³/mol. The Morgan fingerprint density at radius 1 is 1.29 bits per heavy atom. The van der Waals surface area contributed by atoms with Crippen LogP contribution in [0.3, 0.4) is 0 Å². The van der Waals surface area contributed by atoms with E-state index in [9.17, 15) is 4.79 Å². The van der Waals surface area contributed by atoms with Crippen molar-refractivity contribution in [1.29, 1.82) is 0 Å². The van der Waals surface area contributed by atoms with Crippen molar-refractivity contribution in [3.05, 3.63) is 29.8 Å². The van der Waals surface area contributed by atoms with Crippen LogP contribution in [-0.4, -0.2) is 56.6 Å². The molecule has 0 atom stereocenters. The minimum absolute atomic E-state index is 0.137. The van der Waals surface area contributed by atoms with Crippen molar-refractivity contribution < 1.29 is 9.53 Å². The molecule has 1 saturated heterocycles. The Hall–Kier alpha value is -2.24. The number of hydrogen-bond acceptors (Lipinski definition) is 3. The number of likely N-dealkylation sites (tertiary alicyclic amines) is 1. The predicted octanol–water partition coefficient (Wildman–Crippen LogP) is 3.00. The third-order valence-corrected chi connectivity index (χ3v) is 5.15. The van der Waals surface area contributed by atoms with Crippen molar-refractivity contribution in [2.45, 2.75) is 46.0 Å². The van der Waals surface area contributed by atoms with Crippen LogP contribution in [0.5, 0.6) is 5.75 Å². The van der Waals surface area contributed by atoms with E-state index in [1.54, 1.807) is 7.05 Å². The molecule has 1 heterocycles. The van der Waals surface area contributed by atoms with Crippen molar-refractivity contribution in [1.82, 2.24) is 15.5 Å². The Balaban J connectivity index is 1.85. The Bertz CT molecular complexity index is 637. The number of aliphatic imine (C=N–C) groups is 1. The fourth-order valence-electron chi connectivity index (χ4n) is 3.54. The summed E-state index contributed by atoms with van der Waals surface area (Å²) < 4.78 is 5.99. The molecule has 1 aromatic rings. The first-order valence-corrected chi connectivity index (χ1v) is 10.5. The van der Waals surface area contributed by atoms with Gasteiger partial charge in [-0.25, -0.2) is 4.99 Å². The van der Waals surface area contributed by atoms with Crippen LogP contribution in [0.1, 0.15) is 51.5 Å². The van der Waals surface area contributed by atoms with E-state index in [1.807, 2.05) is 12.1 Å². The lowest BCUT2D eigenvalue weighted by atomic mass is 9.93. The number of carbonyl (C=O) groups excluding carboxylic acids is 1. The smallest absolute Gasteiger partial charge is 0.220 e. The minimum Gasteiger partial charge on any atom is -0.491 e. The molecule has 156 valence electrons. The van der Waals surface area contributed by atoms with Crippen LogP contribution in [-0.2, 0) is 4.79 Å². The molecule has 0 bridgehead atoms. The van der Waals surface area contributed by atoms with E-state index in [4.69, 9.17) is 9.73 Å². The van der Waals surface area contributed by atoms with Gasteiger partial charge in [-0.05, 0) is 43.2 Å². The summed E-state index contributed by atoms with van der Waals surface area (Å²) in [5.41, 5.74) is 1.23. The highest BCUT2D eigenvalue weighted by atomic mass is 16.5. The summed E-state index contributed by atoms with van der Waals surface area (Å²) in [5.74, 6) is 2.94. The quantitative estimate of drug-likeness (QED) is 0.408. The van der Waals surface area contributed by atoms with Crippen LogP contribution in [0.25, 0.3) is 0 Å². The van der Waals surface area contributed by atoms with Crippen molar-refractivity contribution >= 4 is 11.9 Å². The van der Waals surface area contributed by atoms with Gasteiger partial charge in [0.1, 0.15) is 12.4 Å². The molecule has 0 radical (unpaired) electrons. The number of carbonyl (C=O) groups is 1. The molecule has 6 nitrogen and oxygen atoms in total. The van der Waals surface area contributed by atoms with Gasteiger partial charge in [0.2, 0.25) is 5.91 Å². The van der Waals surface area contributed by atoms with Crippen molar-refractivity contribution in [3.8, 4) is 5.75 Å². The summed E-state index contributed by atoms with van der Waals surface area (Å²) in [6.07, 6.45) is 2.67. The second-order valence-corrected chi connectivity index (χ2v) is 7.58. The zero-order valence-electron chi connectivity index (χ0n) is 17.8. The van der Waals surface area contributed by atoms with Gasteiger partial charge in [0, 0.05) is 33.1 Å². The Kier molecular flexibility index (Phi) is 9.11. The third kappa shape index (κ3) is 6.73. The van der Waals surface area contributed by atoms with Gasteiger partial charge in [0.15, 0.2) is 5.96 Å². The largest absolute Gasteiger partial charge is 0.491 e. The third-order valence-electron chi connectivity index (χ3n) is 5.15. The van der Waals surface area contributed by atoms with E-state index in [0.717, 1.165) is 44.2 Å². The van der Waals surface area contributed by atoms with Gasteiger partial charge in [-0.3, -0.25) is 4.79 Å². The Morgan fingerprint density at radius 3 is 2.64 bits per heavy atom. The first kappa shape index (κ1) is 22.1. The molecule has 0 aliphatic carbocycles.